The number of carbonyl (C=O) groups is 1. The predicted octanol–water partition coefficient (Wildman–Crippen LogP) is 2.52. The first-order valence-electron chi connectivity index (χ1n) is 8.10. The molecule has 1 N–H and O–H groups in total. The van der Waals surface area contributed by atoms with Gasteiger partial charge in [0.15, 0.2) is 0 Å². The maximum absolute atomic E-state index is 12.5. The summed E-state index contributed by atoms with van der Waals surface area (Å²) >= 11 is 0. The van der Waals surface area contributed by atoms with Gasteiger partial charge in [0.1, 0.15) is 5.75 Å². The van der Waals surface area contributed by atoms with Crippen molar-refractivity contribution >= 4 is 16.8 Å². The average Bonchev–Trinajstić information content (AvgIpc) is 2.65. The van der Waals surface area contributed by atoms with E-state index in [-0.39, 0.29) is 11.5 Å². The molecule has 0 atom stereocenters. The summed E-state index contributed by atoms with van der Waals surface area (Å²) in [6.45, 7) is 0.495. The van der Waals surface area contributed by atoms with Crippen LogP contribution in [0.25, 0.3) is 10.9 Å². The standard InChI is InChI=1S/C20H20N2O3/c1-22-18-6-4-3-5-16(18)17(13-19(22)23)20(24)21-12-11-14-7-9-15(25-2)10-8-14/h3-10,13H,11-12H2,1-2H3,(H,21,24). The first-order chi connectivity index (χ1) is 12.1. The van der Waals surface area contributed by atoms with Crippen LogP contribution in [0.15, 0.2) is 59.4 Å². The lowest BCUT2D eigenvalue weighted by Crippen LogP contribution is -2.28. The van der Waals surface area contributed by atoms with Crippen LogP contribution >= 0.6 is 0 Å². The molecule has 5 nitrogen and oxygen atoms in total. The van der Waals surface area contributed by atoms with Crippen molar-refractivity contribution in [2.24, 2.45) is 7.05 Å². The third-order valence-corrected chi connectivity index (χ3v) is 4.26. The molecule has 1 amide bonds. The summed E-state index contributed by atoms with van der Waals surface area (Å²) in [7, 11) is 3.33. The molecule has 1 heterocycles. The summed E-state index contributed by atoms with van der Waals surface area (Å²) < 4.78 is 6.68. The highest BCUT2D eigenvalue weighted by Gasteiger charge is 2.12. The zero-order valence-corrected chi connectivity index (χ0v) is 14.3. The Kier molecular flexibility index (Phi) is 4.84. The molecular formula is C20H20N2O3. The largest absolute Gasteiger partial charge is 0.497 e. The maximum Gasteiger partial charge on any atom is 0.252 e. The quantitative estimate of drug-likeness (QED) is 0.779. The summed E-state index contributed by atoms with van der Waals surface area (Å²) in [6.07, 6.45) is 0.707. The first kappa shape index (κ1) is 16.8. The highest BCUT2D eigenvalue weighted by molar-refractivity contribution is 6.06. The van der Waals surface area contributed by atoms with Crippen molar-refractivity contribution in [2.45, 2.75) is 6.42 Å². The number of pyridine rings is 1. The van der Waals surface area contributed by atoms with Crippen LogP contribution in [0.4, 0.5) is 0 Å². The van der Waals surface area contributed by atoms with E-state index in [4.69, 9.17) is 4.74 Å². The van der Waals surface area contributed by atoms with E-state index >= 15 is 0 Å². The van der Waals surface area contributed by atoms with Gasteiger partial charge in [0.05, 0.1) is 18.2 Å². The number of carbonyl (C=O) groups excluding carboxylic acids is 1. The van der Waals surface area contributed by atoms with Gasteiger partial charge >= 0.3 is 0 Å². The smallest absolute Gasteiger partial charge is 0.252 e. The number of aryl methyl sites for hydroxylation is 1. The Morgan fingerprint density at radius 2 is 1.84 bits per heavy atom. The second kappa shape index (κ2) is 7.21. The zero-order valence-electron chi connectivity index (χ0n) is 14.3. The lowest BCUT2D eigenvalue weighted by molar-refractivity contribution is 0.0955. The minimum atomic E-state index is -0.234. The topological polar surface area (TPSA) is 60.3 Å². The number of fused-ring (bicyclic) bond motifs is 1. The molecule has 0 saturated heterocycles. The Morgan fingerprint density at radius 1 is 1.12 bits per heavy atom. The molecule has 0 bridgehead atoms. The molecule has 25 heavy (non-hydrogen) atoms. The minimum absolute atomic E-state index is 0.195. The Hall–Kier alpha value is -3.08. The van der Waals surface area contributed by atoms with Gasteiger partial charge < -0.3 is 14.6 Å². The fourth-order valence-electron chi connectivity index (χ4n) is 2.81. The molecule has 0 aliphatic heterocycles. The fraction of sp³-hybridized carbons (Fsp3) is 0.200. The summed E-state index contributed by atoms with van der Waals surface area (Å²) in [5, 5.41) is 3.67. The van der Waals surface area contributed by atoms with E-state index in [9.17, 15) is 9.59 Å². The minimum Gasteiger partial charge on any atom is -0.497 e. The second-order valence-corrected chi connectivity index (χ2v) is 5.83. The number of nitrogens with one attached hydrogen (secondary N) is 1. The van der Waals surface area contributed by atoms with E-state index in [0.29, 0.717) is 18.5 Å². The number of hydrogen-bond acceptors (Lipinski definition) is 3. The monoisotopic (exact) mass is 336 g/mol. The van der Waals surface area contributed by atoms with E-state index in [1.54, 1.807) is 18.7 Å². The van der Waals surface area contributed by atoms with Crippen molar-refractivity contribution in [3.8, 4) is 5.75 Å². The van der Waals surface area contributed by atoms with Gasteiger partial charge in [-0.25, -0.2) is 0 Å². The van der Waals surface area contributed by atoms with E-state index in [2.05, 4.69) is 5.32 Å². The van der Waals surface area contributed by atoms with Crippen LogP contribution in [0.2, 0.25) is 0 Å². The number of rotatable bonds is 5. The van der Waals surface area contributed by atoms with Crippen molar-refractivity contribution in [3.63, 3.8) is 0 Å². The normalized spacial score (nSPS) is 10.6. The molecular weight excluding hydrogens is 316 g/mol. The third kappa shape index (κ3) is 3.55. The maximum atomic E-state index is 12.5. The summed E-state index contributed by atoms with van der Waals surface area (Å²) in [5.41, 5.74) is 2.07. The van der Waals surface area contributed by atoms with Crippen LogP contribution in [-0.4, -0.2) is 24.1 Å². The molecule has 0 spiro atoms. The lowest BCUT2D eigenvalue weighted by Gasteiger charge is -2.10. The number of hydrogen-bond donors (Lipinski definition) is 1. The van der Waals surface area contributed by atoms with Crippen LogP contribution in [0.3, 0.4) is 0 Å². The molecule has 0 saturated carbocycles. The average molecular weight is 336 g/mol. The van der Waals surface area contributed by atoms with Crippen molar-refractivity contribution in [2.75, 3.05) is 13.7 Å². The molecule has 0 aliphatic rings. The Balaban J connectivity index is 1.74. The SMILES string of the molecule is COc1ccc(CCNC(=O)c2cc(=O)n(C)c3ccccc23)cc1. The number of amides is 1. The summed E-state index contributed by atoms with van der Waals surface area (Å²) in [4.78, 5) is 24.6. The first-order valence-corrected chi connectivity index (χ1v) is 8.10. The van der Waals surface area contributed by atoms with E-state index in [1.807, 2.05) is 48.5 Å². The molecule has 0 unspecified atom stereocenters. The predicted molar refractivity (Wildman–Crippen MR) is 98.2 cm³/mol. The van der Waals surface area contributed by atoms with E-state index in [0.717, 1.165) is 22.2 Å². The fourth-order valence-corrected chi connectivity index (χ4v) is 2.81. The highest BCUT2D eigenvalue weighted by Crippen LogP contribution is 2.16. The van der Waals surface area contributed by atoms with Crippen molar-refractivity contribution in [1.29, 1.82) is 0 Å². The number of para-hydroxylation sites is 1. The molecule has 2 aromatic carbocycles. The Labute approximate surface area is 145 Å². The van der Waals surface area contributed by atoms with Crippen LogP contribution in [0.1, 0.15) is 15.9 Å². The number of nitrogens with zero attached hydrogens (tertiary/aromatic N) is 1. The van der Waals surface area contributed by atoms with Gasteiger partial charge in [0, 0.05) is 25.0 Å². The van der Waals surface area contributed by atoms with Crippen molar-refractivity contribution in [1.82, 2.24) is 9.88 Å². The Morgan fingerprint density at radius 3 is 2.56 bits per heavy atom. The van der Waals surface area contributed by atoms with Crippen LogP contribution in [0, 0.1) is 0 Å². The van der Waals surface area contributed by atoms with Gasteiger partial charge in [-0.3, -0.25) is 9.59 Å². The number of aromatic nitrogens is 1. The van der Waals surface area contributed by atoms with Gasteiger partial charge in [-0.05, 0) is 30.2 Å². The molecule has 1 aromatic heterocycles. The zero-order chi connectivity index (χ0) is 17.8. The molecule has 3 aromatic rings. The third-order valence-electron chi connectivity index (χ3n) is 4.26. The molecule has 5 heteroatoms. The number of methoxy groups -OCH3 is 1. The molecule has 3 rings (SSSR count). The van der Waals surface area contributed by atoms with Crippen molar-refractivity contribution < 1.29 is 9.53 Å². The molecule has 0 radical (unpaired) electrons. The Bertz CT molecular complexity index is 959. The molecule has 0 fully saturated rings. The van der Waals surface area contributed by atoms with Gasteiger partial charge in [-0.2, -0.15) is 0 Å². The van der Waals surface area contributed by atoms with Gasteiger partial charge in [0.25, 0.3) is 11.5 Å². The lowest BCUT2D eigenvalue weighted by atomic mass is 10.1. The van der Waals surface area contributed by atoms with Crippen LogP contribution in [-0.2, 0) is 13.5 Å². The number of ether oxygens (including phenoxy) is 1. The van der Waals surface area contributed by atoms with Gasteiger partial charge in [-0.15, -0.1) is 0 Å². The second-order valence-electron chi connectivity index (χ2n) is 5.83. The summed E-state index contributed by atoms with van der Waals surface area (Å²) in [5.74, 6) is 0.571. The van der Waals surface area contributed by atoms with Crippen molar-refractivity contribution in [3.05, 3.63) is 76.1 Å². The van der Waals surface area contributed by atoms with E-state index < -0.39 is 0 Å². The van der Waals surface area contributed by atoms with Gasteiger partial charge in [-0.1, -0.05) is 30.3 Å². The van der Waals surface area contributed by atoms with Crippen LogP contribution in [0.5, 0.6) is 5.75 Å². The van der Waals surface area contributed by atoms with E-state index in [1.165, 1.54) is 6.07 Å². The van der Waals surface area contributed by atoms with Crippen LogP contribution < -0.4 is 15.6 Å². The molecule has 0 aliphatic carbocycles. The van der Waals surface area contributed by atoms with Gasteiger partial charge in [0.2, 0.25) is 0 Å². The highest BCUT2D eigenvalue weighted by atomic mass is 16.5. The molecule has 128 valence electrons. The number of benzene rings is 2. The summed E-state index contributed by atoms with van der Waals surface area (Å²) in [6, 6.07) is 16.5.